The molecule has 112 valence electrons. The molecule has 0 saturated heterocycles. The van der Waals surface area contributed by atoms with Gasteiger partial charge in [-0.05, 0) is 37.1 Å². The topological polar surface area (TPSA) is 30.7 Å². The van der Waals surface area contributed by atoms with E-state index in [1.807, 2.05) is 16.7 Å². The van der Waals surface area contributed by atoms with Crippen molar-refractivity contribution >= 4 is 23.2 Å². The van der Waals surface area contributed by atoms with Crippen molar-refractivity contribution in [2.24, 2.45) is 0 Å². The van der Waals surface area contributed by atoms with Crippen molar-refractivity contribution in [1.29, 1.82) is 0 Å². The molecule has 22 heavy (non-hydrogen) atoms. The minimum Gasteiger partial charge on any atom is -0.309 e. The van der Waals surface area contributed by atoms with Gasteiger partial charge in [0.15, 0.2) is 5.82 Å². The van der Waals surface area contributed by atoms with Crippen molar-refractivity contribution in [2.75, 3.05) is 0 Å². The number of hydrogen-bond donors (Lipinski definition) is 0. The first-order valence-corrected chi connectivity index (χ1v) is 7.70. The van der Waals surface area contributed by atoms with Crippen molar-refractivity contribution in [3.8, 4) is 11.4 Å². The molecule has 1 heterocycles. The Morgan fingerprint density at radius 3 is 2.73 bits per heavy atom. The van der Waals surface area contributed by atoms with E-state index in [4.69, 9.17) is 23.2 Å². The van der Waals surface area contributed by atoms with Crippen LogP contribution in [-0.4, -0.2) is 14.8 Å². The summed E-state index contributed by atoms with van der Waals surface area (Å²) < 4.78 is 1.99. The van der Waals surface area contributed by atoms with Gasteiger partial charge >= 0.3 is 0 Å². The fourth-order valence-electron chi connectivity index (χ4n) is 2.41. The molecule has 0 aliphatic rings. The molecule has 0 aliphatic heterocycles. The van der Waals surface area contributed by atoms with Crippen LogP contribution < -0.4 is 0 Å². The van der Waals surface area contributed by atoms with Crippen LogP contribution in [0.4, 0.5) is 0 Å². The molecule has 0 radical (unpaired) electrons. The fraction of sp³-hybridized carbons (Fsp3) is 0.176. The maximum atomic E-state index is 6.30. The summed E-state index contributed by atoms with van der Waals surface area (Å²) in [6.45, 7) is 4.88. The number of benzene rings is 2. The first-order chi connectivity index (χ1) is 10.6. The third-order valence-electron chi connectivity index (χ3n) is 3.65. The molecule has 0 unspecified atom stereocenters. The van der Waals surface area contributed by atoms with Crippen LogP contribution in [0.2, 0.25) is 10.0 Å². The molecule has 3 rings (SSSR count). The number of aromatic nitrogens is 3. The van der Waals surface area contributed by atoms with Gasteiger partial charge in [0.1, 0.15) is 6.33 Å². The van der Waals surface area contributed by atoms with E-state index in [0.29, 0.717) is 22.4 Å². The fourth-order valence-corrected chi connectivity index (χ4v) is 2.79. The van der Waals surface area contributed by atoms with E-state index in [0.717, 1.165) is 5.56 Å². The Kier molecular flexibility index (Phi) is 4.19. The van der Waals surface area contributed by atoms with Crippen LogP contribution in [0.1, 0.15) is 16.7 Å². The quantitative estimate of drug-likeness (QED) is 0.682. The van der Waals surface area contributed by atoms with Crippen LogP contribution in [0.15, 0.2) is 42.7 Å². The number of hydrogen-bond acceptors (Lipinski definition) is 2. The van der Waals surface area contributed by atoms with E-state index >= 15 is 0 Å². The van der Waals surface area contributed by atoms with Gasteiger partial charge < -0.3 is 4.57 Å². The van der Waals surface area contributed by atoms with E-state index in [-0.39, 0.29) is 0 Å². The van der Waals surface area contributed by atoms with E-state index in [9.17, 15) is 0 Å². The van der Waals surface area contributed by atoms with Crippen molar-refractivity contribution in [3.63, 3.8) is 0 Å². The minimum atomic E-state index is 0.499. The number of halogens is 2. The summed E-state index contributed by atoms with van der Waals surface area (Å²) in [7, 11) is 0. The van der Waals surface area contributed by atoms with Crippen LogP contribution in [0.5, 0.6) is 0 Å². The van der Waals surface area contributed by atoms with E-state index in [1.165, 1.54) is 16.7 Å². The Balaban J connectivity index is 2.03. The lowest BCUT2D eigenvalue weighted by Crippen LogP contribution is -2.03. The molecule has 0 amide bonds. The van der Waals surface area contributed by atoms with Gasteiger partial charge in [0.2, 0.25) is 0 Å². The molecule has 3 aromatic rings. The highest BCUT2D eigenvalue weighted by atomic mass is 35.5. The van der Waals surface area contributed by atoms with Crippen LogP contribution in [0.25, 0.3) is 11.4 Å². The summed E-state index contributed by atoms with van der Waals surface area (Å²) in [5.41, 5.74) is 4.50. The molecular formula is C17H15Cl2N3. The summed E-state index contributed by atoms with van der Waals surface area (Å²) in [4.78, 5) is 0. The first-order valence-electron chi connectivity index (χ1n) is 6.94. The zero-order valence-electron chi connectivity index (χ0n) is 12.3. The predicted octanol–water partition coefficient (Wildman–Crippen LogP) is 4.92. The standard InChI is InChI=1S/C17H15Cl2N3/c1-11-6-7-12(2)13(8-11)9-22-10-20-21-17(22)14-4-3-5-15(18)16(14)19/h3-8,10H,9H2,1-2H3. The van der Waals surface area contributed by atoms with E-state index < -0.39 is 0 Å². The number of nitrogens with zero attached hydrogens (tertiary/aromatic N) is 3. The second kappa shape index (κ2) is 6.11. The van der Waals surface area contributed by atoms with Gasteiger partial charge in [-0.3, -0.25) is 0 Å². The molecule has 0 saturated carbocycles. The summed E-state index contributed by atoms with van der Waals surface area (Å²) in [6.07, 6.45) is 1.72. The Hall–Kier alpha value is -1.84. The van der Waals surface area contributed by atoms with Gasteiger partial charge in [0.05, 0.1) is 16.6 Å². The van der Waals surface area contributed by atoms with Crippen LogP contribution in [0.3, 0.4) is 0 Å². The Morgan fingerprint density at radius 1 is 1.09 bits per heavy atom. The average molecular weight is 332 g/mol. The van der Waals surface area contributed by atoms with Crippen LogP contribution >= 0.6 is 23.2 Å². The maximum Gasteiger partial charge on any atom is 0.165 e. The highest BCUT2D eigenvalue weighted by Gasteiger charge is 2.14. The highest BCUT2D eigenvalue weighted by molar-refractivity contribution is 6.43. The van der Waals surface area contributed by atoms with E-state index in [1.54, 1.807) is 12.4 Å². The normalized spacial score (nSPS) is 10.9. The zero-order chi connectivity index (χ0) is 15.7. The lowest BCUT2D eigenvalue weighted by molar-refractivity contribution is 0.797. The molecule has 1 aromatic heterocycles. The van der Waals surface area contributed by atoms with Crippen molar-refractivity contribution in [2.45, 2.75) is 20.4 Å². The maximum absolute atomic E-state index is 6.30. The van der Waals surface area contributed by atoms with Gasteiger partial charge in [0.25, 0.3) is 0 Å². The third kappa shape index (κ3) is 2.87. The van der Waals surface area contributed by atoms with Crippen molar-refractivity contribution in [1.82, 2.24) is 14.8 Å². The highest BCUT2D eigenvalue weighted by Crippen LogP contribution is 2.32. The Morgan fingerprint density at radius 2 is 1.91 bits per heavy atom. The molecule has 0 spiro atoms. The number of aryl methyl sites for hydroxylation is 2. The SMILES string of the molecule is Cc1ccc(C)c(Cn2cnnc2-c2cccc(Cl)c2Cl)c1. The second-order valence-electron chi connectivity index (χ2n) is 5.31. The second-order valence-corrected chi connectivity index (χ2v) is 6.10. The van der Waals surface area contributed by atoms with Gasteiger partial charge in [0, 0.05) is 5.56 Å². The Labute approximate surface area is 139 Å². The smallest absolute Gasteiger partial charge is 0.165 e. The largest absolute Gasteiger partial charge is 0.309 e. The van der Waals surface area contributed by atoms with Gasteiger partial charge in [-0.2, -0.15) is 0 Å². The molecule has 0 bridgehead atoms. The molecule has 0 aliphatic carbocycles. The summed E-state index contributed by atoms with van der Waals surface area (Å²) >= 11 is 12.4. The monoisotopic (exact) mass is 331 g/mol. The zero-order valence-corrected chi connectivity index (χ0v) is 13.9. The average Bonchev–Trinajstić information content (AvgIpc) is 2.94. The predicted molar refractivity (Wildman–Crippen MR) is 90.5 cm³/mol. The van der Waals surface area contributed by atoms with Gasteiger partial charge in [-0.1, -0.05) is 53.0 Å². The first kappa shape index (κ1) is 15.1. The third-order valence-corrected chi connectivity index (χ3v) is 4.47. The van der Waals surface area contributed by atoms with Crippen LogP contribution in [0, 0.1) is 13.8 Å². The van der Waals surface area contributed by atoms with Gasteiger partial charge in [-0.25, -0.2) is 0 Å². The molecule has 0 N–H and O–H groups in total. The van der Waals surface area contributed by atoms with Gasteiger partial charge in [-0.15, -0.1) is 10.2 Å². The molecular weight excluding hydrogens is 317 g/mol. The number of rotatable bonds is 3. The van der Waals surface area contributed by atoms with Crippen molar-refractivity contribution in [3.05, 3.63) is 69.5 Å². The minimum absolute atomic E-state index is 0.499. The molecule has 0 fully saturated rings. The van der Waals surface area contributed by atoms with Crippen LogP contribution in [-0.2, 0) is 6.54 Å². The summed E-state index contributed by atoms with van der Waals surface area (Å²) in [5.74, 6) is 0.716. The lowest BCUT2D eigenvalue weighted by atomic mass is 10.1. The Bertz CT molecular complexity index is 825. The molecule has 2 aromatic carbocycles. The molecule has 0 atom stereocenters. The molecule has 3 nitrogen and oxygen atoms in total. The summed E-state index contributed by atoms with van der Waals surface area (Å²) in [5, 5.41) is 9.25. The summed E-state index contributed by atoms with van der Waals surface area (Å²) in [6, 6.07) is 11.9. The lowest BCUT2D eigenvalue weighted by Gasteiger charge is -2.11. The van der Waals surface area contributed by atoms with E-state index in [2.05, 4.69) is 42.2 Å². The van der Waals surface area contributed by atoms with Crippen molar-refractivity contribution < 1.29 is 0 Å². The molecule has 5 heteroatoms.